The van der Waals surface area contributed by atoms with Gasteiger partial charge in [0.25, 0.3) is 11.8 Å². The Kier molecular flexibility index (Phi) is 2.17. The smallest absolute Gasteiger partial charge is 0.254 e. The number of carbonyl (C=O) groups excluding carboxylic acids is 2. The molecule has 0 fully saturated rings. The zero-order valence-corrected chi connectivity index (χ0v) is 8.32. The minimum atomic E-state index is -0.273. The Morgan fingerprint density at radius 3 is 2.50 bits per heavy atom. The lowest BCUT2D eigenvalue weighted by atomic mass is 10.3. The topological polar surface area (TPSA) is 50.3 Å². The van der Waals surface area contributed by atoms with Crippen LogP contribution in [0.25, 0.3) is 0 Å². The average Bonchev–Trinajstić information content (AvgIpc) is 2.75. The predicted octanol–water partition coefficient (Wildman–Crippen LogP) is 1.13. The fraction of sp³-hybridized carbons (Fsp3) is 0.222. The summed E-state index contributed by atoms with van der Waals surface area (Å²) in [6.45, 7) is 1.79. The van der Waals surface area contributed by atoms with Crippen molar-refractivity contribution >= 4 is 23.2 Å². The van der Waals surface area contributed by atoms with Crippen molar-refractivity contribution in [1.29, 1.82) is 0 Å². The van der Waals surface area contributed by atoms with E-state index in [0.717, 1.165) is 5.01 Å². The molecule has 14 heavy (non-hydrogen) atoms. The van der Waals surface area contributed by atoms with Crippen LogP contribution < -0.4 is 0 Å². The highest BCUT2D eigenvalue weighted by atomic mass is 32.1. The first-order chi connectivity index (χ1) is 6.70. The lowest BCUT2D eigenvalue weighted by molar-refractivity contribution is -0.139. The molecule has 1 unspecified atom stereocenters. The third-order valence-electron chi connectivity index (χ3n) is 2.04. The molecule has 0 spiro atoms. The molecule has 4 nitrogen and oxygen atoms in total. The monoisotopic (exact) mass is 208 g/mol. The Labute approximate surface area is 84.9 Å². The highest BCUT2D eigenvalue weighted by Gasteiger charge is 2.30. The standard InChI is InChI=1S/C9H8N2O2S/c1-6(9-10-4-5-14-9)11-7(12)2-3-8(11)13/h2-6H,1H3. The number of nitrogens with zero attached hydrogens (tertiary/aromatic N) is 2. The van der Waals surface area contributed by atoms with Gasteiger partial charge in [0.05, 0.1) is 6.04 Å². The van der Waals surface area contributed by atoms with E-state index in [9.17, 15) is 9.59 Å². The quantitative estimate of drug-likeness (QED) is 0.684. The molecular formula is C9H8N2O2S. The van der Waals surface area contributed by atoms with Gasteiger partial charge < -0.3 is 0 Å². The molecule has 0 aliphatic carbocycles. The average molecular weight is 208 g/mol. The van der Waals surface area contributed by atoms with Crippen LogP contribution >= 0.6 is 11.3 Å². The summed E-state index contributed by atoms with van der Waals surface area (Å²) in [5.41, 5.74) is 0. The highest BCUT2D eigenvalue weighted by Crippen LogP contribution is 2.24. The van der Waals surface area contributed by atoms with Gasteiger partial charge in [-0.25, -0.2) is 4.98 Å². The van der Waals surface area contributed by atoms with Gasteiger partial charge in [-0.2, -0.15) is 0 Å². The SMILES string of the molecule is CC(c1nccs1)N1C(=O)C=CC1=O. The van der Waals surface area contributed by atoms with E-state index in [-0.39, 0.29) is 17.9 Å². The van der Waals surface area contributed by atoms with Crippen LogP contribution in [0.4, 0.5) is 0 Å². The molecule has 0 saturated heterocycles. The first-order valence-corrected chi connectivity index (χ1v) is 5.02. The Hall–Kier alpha value is -1.49. The first-order valence-electron chi connectivity index (χ1n) is 4.15. The Bertz CT molecular complexity index is 379. The van der Waals surface area contributed by atoms with Gasteiger partial charge in [0.1, 0.15) is 5.01 Å². The molecule has 1 aromatic heterocycles. The van der Waals surface area contributed by atoms with Gasteiger partial charge in [-0.15, -0.1) is 11.3 Å². The molecule has 5 heteroatoms. The molecule has 0 N–H and O–H groups in total. The van der Waals surface area contributed by atoms with Gasteiger partial charge in [0.2, 0.25) is 0 Å². The van der Waals surface area contributed by atoms with E-state index < -0.39 is 0 Å². The fourth-order valence-electron chi connectivity index (χ4n) is 1.34. The van der Waals surface area contributed by atoms with Crippen LogP contribution in [-0.2, 0) is 9.59 Å². The van der Waals surface area contributed by atoms with Crippen molar-refractivity contribution in [3.63, 3.8) is 0 Å². The molecule has 0 radical (unpaired) electrons. The van der Waals surface area contributed by atoms with Crippen molar-refractivity contribution in [1.82, 2.24) is 9.88 Å². The zero-order chi connectivity index (χ0) is 10.1. The summed E-state index contributed by atoms with van der Waals surface area (Å²) in [5, 5.41) is 2.60. The fourth-order valence-corrected chi connectivity index (χ4v) is 2.03. The number of hydrogen-bond acceptors (Lipinski definition) is 4. The van der Waals surface area contributed by atoms with Gasteiger partial charge in [-0.1, -0.05) is 0 Å². The largest absolute Gasteiger partial charge is 0.269 e. The van der Waals surface area contributed by atoms with Crippen LogP contribution in [0.3, 0.4) is 0 Å². The van der Waals surface area contributed by atoms with Gasteiger partial charge >= 0.3 is 0 Å². The van der Waals surface area contributed by atoms with Gasteiger partial charge in [-0.05, 0) is 6.92 Å². The van der Waals surface area contributed by atoms with Crippen molar-refractivity contribution in [2.24, 2.45) is 0 Å². The second-order valence-electron chi connectivity index (χ2n) is 2.93. The second-order valence-corrected chi connectivity index (χ2v) is 3.85. The summed E-state index contributed by atoms with van der Waals surface area (Å²) in [7, 11) is 0. The summed E-state index contributed by atoms with van der Waals surface area (Å²) >= 11 is 1.44. The molecule has 0 bridgehead atoms. The minimum Gasteiger partial charge on any atom is -0.269 e. The van der Waals surface area contributed by atoms with Gasteiger partial charge in [0, 0.05) is 23.7 Å². The van der Waals surface area contributed by atoms with Crippen LogP contribution in [0.1, 0.15) is 18.0 Å². The van der Waals surface area contributed by atoms with Crippen molar-refractivity contribution in [3.05, 3.63) is 28.7 Å². The van der Waals surface area contributed by atoms with E-state index in [2.05, 4.69) is 4.98 Å². The lowest BCUT2D eigenvalue weighted by Crippen LogP contribution is -2.32. The molecule has 2 amide bonds. The second kappa shape index (κ2) is 3.34. The number of aromatic nitrogens is 1. The third kappa shape index (κ3) is 1.35. The van der Waals surface area contributed by atoms with Crippen LogP contribution in [0, 0.1) is 0 Å². The zero-order valence-electron chi connectivity index (χ0n) is 7.51. The number of thiazole rings is 1. The van der Waals surface area contributed by atoms with Gasteiger partial charge in [-0.3, -0.25) is 14.5 Å². The highest BCUT2D eigenvalue weighted by molar-refractivity contribution is 7.09. The Balaban J connectivity index is 2.24. The van der Waals surface area contributed by atoms with E-state index in [1.165, 1.54) is 28.4 Å². The van der Waals surface area contributed by atoms with Crippen LogP contribution in [0.15, 0.2) is 23.7 Å². The van der Waals surface area contributed by atoms with Crippen LogP contribution in [-0.4, -0.2) is 21.7 Å². The van der Waals surface area contributed by atoms with Crippen molar-refractivity contribution in [2.75, 3.05) is 0 Å². The van der Waals surface area contributed by atoms with E-state index in [1.807, 2.05) is 5.38 Å². The molecule has 2 rings (SSSR count). The maximum absolute atomic E-state index is 11.3. The summed E-state index contributed by atoms with van der Waals surface area (Å²) in [4.78, 5) is 27.9. The van der Waals surface area contributed by atoms with Gasteiger partial charge in [0.15, 0.2) is 0 Å². The molecule has 0 aromatic carbocycles. The number of imide groups is 1. The molecular weight excluding hydrogens is 200 g/mol. The molecule has 1 atom stereocenters. The summed E-state index contributed by atoms with van der Waals surface area (Å²) in [6.07, 6.45) is 4.23. The number of rotatable bonds is 2. The Morgan fingerprint density at radius 2 is 2.00 bits per heavy atom. The van der Waals surface area contributed by atoms with E-state index >= 15 is 0 Å². The summed E-state index contributed by atoms with van der Waals surface area (Å²) in [5.74, 6) is -0.532. The summed E-state index contributed by atoms with van der Waals surface area (Å²) < 4.78 is 0. The first kappa shape index (κ1) is 9.08. The predicted molar refractivity (Wildman–Crippen MR) is 51.5 cm³/mol. The summed E-state index contributed by atoms with van der Waals surface area (Å²) in [6, 6.07) is -0.273. The van der Waals surface area contributed by atoms with Crippen LogP contribution in [0.2, 0.25) is 0 Å². The van der Waals surface area contributed by atoms with E-state index in [1.54, 1.807) is 13.1 Å². The minimum absolute atomic E-state index is 0.266. The number of hydrogen-bond donors (Lipinski definition) is 0. The molecule has 1 aliphatic heterocycles. The number of carbonyl (C=O) groups is 2. The van der Waals surface area contributed by atoms with E-state index in [0.29, 0.717) is 0 Å². The third-order valence-corrected chi connectivity index (χ3v) is 2.99. The maximum atomic E-state index is 11.3. The van der Waals surface area contributed by atoms with Crippen molar-refractivity contribution in [3.8, 4) is 0 Å². The number of amides is 2. The lowest BCUT2D eigenvalue weighted by Gasteiger charge is -2.19. The molecule has 72 valence electrons. The van der Waals surface area contributed by atoms with E-state index in [4.69, 9.17) is 0 Å². The maximum Gasteiger partial charge on any atom is 0.254 e. The Morgan fingerprint density at radius 1 is 1.36 bits per heavy atom. The van der Waals surface area contributed by atoms with Crippen molar-refractivity contribution < 1.29 is 9.59 Å². The van der Waals surface area contributed by atoms with Crippen molar-refractivity contribution in [2.45, 2.75) is 13.0 Å². The normalized spacial score (nSPS) is 17.9. The van der Waals surface area contributed by atoms with Crippen LogP contribution in [0.5, 0.6) is 0 Å². The molecule has 2 heterocycles. The molecule has 0 saturated carbocycles. The molecule has 1 aromatic rings. The molecule has 1 aliphatic rings.